The lowest BCUT2D eigenvalue weighted by atomic mass is 10.1. The number of H-pyrrole nitrogens is 1. The van der Waals surface area contributed by atoms with Gasteiger partial charge < -0.3 is 10.3 Å². The third kappa shape index (κ3) is 2.59. The van der Waals surface area contributed by atoms with Gasteiger partial charge in [0.15, 0.2) is 17.0 Å². The molecule has 1 amide bonds. The van der Waals surface area contributed by atoms with Crippen LogP contribution in [0.4, 0.5) is 0 Å². The molecule has 1 saturated carbocycles. The maximum Gasteiger partial charge on any atom is 0.281 e. The number of hydrogen-bond acceptors (Lipinski definition) is 5. The van der Waals surface area contributed by atoms with Crippen molar-refractivity contribution < 1.29 is 4.79 Å². The van der Waals surface area contributed by atoms with Crippen LogP contribution >= 0.6 is 0 Å². The number of amides is 1. The maximum absolute atomic E-state index is 12.8. The molecule has 0 bridgehead atoms. The molecule has 132 valence electrons. The van der Waals surface area contributed by atoms with E-state index >= 15 is 0 Å². The molecule has 0 aromatic carbocycles. The number of rotatable bonds is 4. The molecule has 3 aromatic heterocycles. The van der Waals surface area contributed by atoms with Crippen molar-refractivity contribution in [2.24, 2.45) is 0 Å². The van der Waals surface area contributed by atoms with Crippen molar-refractivity contribution in [2.45, 2.75) is 58.5 Å². The van der Waals surface area contributed by atoms with E-state index in [4.69, 9.17) is 0 Å². The molecule has 9 nitrogen and oxygen atoms in total. The maximum atomic E-state index is 12.8. The first-order valence-electron chi connectivity index (χ1n) is 8.71. The molecule has 3 aromatic rings. The minimum Gasteiger partial charge on any atom is -0.349 e. The van der Waals surface area contributed by atoms with E-state index in [1.165, 1.54) is 19.8 Å². The number of carbonyl (C=O) groups excluding carboxylic acids is 1. The van der Waals surface area contributed by atoms with E-state index in [1.54, 1.807) is 9.08 Å². The van der Waals surface area contributed by atoms with Crippen LogP contribution in [0.5, 0.6) is 0 Å². The van der Waals surface area contributed by atoms with Gasteiger partial charge in [0.2, 0.25) is 11.7 Å². The Balaban J connectivity index is 1.90. The first-order valence-corrected chi connectivity index (χ1v) is 8.71. The second-order valence-corrected chi connectivity index (χ2v) is 6.50. The van der Waals surface area contributed by atoms with Crippen molar-refractivity contribution in [1.82, 2.24) is 34.4 Å². The van der Waals surface area contributed by atoms with Gasteiger partial charge in [-0.15, -0.1) is 5.10 Å². The molecule has 1 aliphatic carbocycles. The summed E-state index contributed by atoms with van der Waals surface area (Å²) >= 11 is 0. The number of nitrogens with one attached hydrogen (secondary N) is 2. The van der Waals surface area contributed by atoms with Gasteiger partial charge in [-0.2, -0.15) is 9.50 Å². The molecular formula is C16H21N7O2. The molecule has 2 N–H and O–H groups in total. The molecule has 25 heavy (non-hydrogen) atoms. The van der Waals surface area contributed by atoms with Crippen LogP contribution in [0.3, 0.4) is 0 Å². The first kappa shape index (κ1) is 15.8. The van der Waals surface area contributed by atoms with Gasteiger partial charge in [-0.1, -0.05) is 12.8 Å². The smallest absolute Gasteiger partial charge is 0.281 e. The molecule has 1 aliphatic rings. The third-order valence-corrected chi connectivity index (χ3v) is 4.79. The Morgan fingerprint density at radius 3 is 2.76 bits per heavy atom. The van der Waals surface area contributed by atoms with Crippen LogP contribution in [0.15, 0.2) is 4.79 Å². The predicted molar refractivity (Wildman–Crippen MR) is 91.3 cm³/mol. The molecule has 0 unspecified atom stereocenters. The van der Waals surface area contributed by atoms with E-state index < -0.39 is 0 Å². The summed E-state index contributed by atoms with van der Waals surface area (Å²) in [6.45, 7) is 4.03. The lowest BCUT2D eigenvalue weighted by Crippen LogP contribution is -2.22. The molecule has 4 rings (SSSR count). The fourth-order valence-electron chi connectivity index (χ4n) is 3.53. The number of hydrogen-bond donors (Lipinski definition) is 2. The highest BCUT2D eigenvalue weighted by Crippen LogP contribution is 2.32. The van der Waals surface area contributed by atoms with E-state index in [0.717, 1.165) is 18.7 Å². The molecular weight excluding hydrogens is 322 g/mol. The van der Waals surface area contributed by atoms with E-state index in [9.17, 15) is 9.59 Å². The van der Waals surface area contributed by atoms with Gasteiger partial charge in [-0.25, -0.2) is 4.98 Å². The fourth-order valence-corrected chi connectivity index (χ4v) is 3.53. The summed E-state index contributed by atoms with van der Waals surface area (Å²) < 4.78 is 3.18. The second-order valence-electron chi connectivity index (χ2n) is 6.50. The summed E-state index contributed by atoms with van der Waals surface area (Å²) in [6.07, 6.45) is 4.58. The number of carbonyl (C=O) groups is 1. The Hall–Kier alpha value is -2.71. The number of fused-ring (bicyclic) bond motifs is 3. The van der Waals surface area contributed by atoms with Gasteiger partial charge >= 0.3 is 0 Å². The van der Waals surface area contributed by atoms with Crippen LogP contribution in [0.25, 0.3) is 16.9 Å². The number of imidazole rings is 1. The van der Waals surface area contributed by atoms with Crippen molar-refractivity contribution >= 4 is 22.8 Å². The van der Waals surface area contributed by atoms with E-state index in [0.29, 0.717) is 35.2 Å². The average Bonchev–Trinajstić information content (AvgIpc) is 3.31. The molecule has 1 fully saturated rings. The van der Waals surface area contributed by atoms with Crippen LogP contribution < -0.4 is 10.9 Å². The lowest BCUT2D eigenvalue weighted by molar-refractivity contribution is -0.119. The van der Waals surface area contributed by atoms with Gasteiger partial charge in [0.05, 0.1) is 6.54 Å². The van der Waals surface area contributed by atoms with Gasteiger partial charge in [0.1, 0.15) is 5.82 Å². The molecule has 9 heteroatoms. The quantitative estimate of drug-likeness (QED) is 0.736. The van der Waals surface area contributed by atoms with Crippen molar-refractivity contribution in [3.8, 4) is 0 Å². The normalized spacial score (nSPS) is 15.4. The topological polar surface area (TPSA) is 110 Å². The van der Waals surface area contributed by atoms with Crippen LogP contribution in [-0.4, -0.2) is 35.0 Å². The zero-order valence-electron chi connectivity index (χ0n) is 14.4. The average molecular weight is 343 g/mol. The van der Waals surface area contributed by atoms with Crippen molar-refractivity contribution in [1.29, 1.82) is 0 Å². The SMILES string of the molecule is CCn1c(=O)c2[nH]c(C3CCCC3)nc2n2nc(CNC(C)=O)nc12. The first-order chi connectivity index (χ1) is 12.1. The molecule has 0 aliphatic heterocycles. The minimum atomic E-state index is -0.153. The Kier molecular flexibility index (Phi) is 3.78. The minimum absolute atomic E-state index is 0.139. The zero-order valence-corrected chi connectivity index (χ0v) is 14.4. The van der Waals surface area contributed by atoms with E-state index in [2.05, 4.69) is 25.4 Å². The summed E-state index contributed by atoms with van der Waals surface area (Å²) in [6, 6.07) is 0. The summed E-state index contributed by atoms with van der Waals surface area (Å²) in [5.74, 6) is 1.98. The summed E-state index contributed by atoms with van der Waals surface area (Å²) in [5, 5.41) is 7.13. The Morgan fingerprint density at radius 2 is 2.08 bits per heavy atom. The number of nitrogens with zero attached hydrogens (tertiary/aromatic N) is 5. The third-order valence-electron chi connectivity index (χ3n) is 4.79. The van der Waals surface area contributed by atoms with Gasteiger partial charge in [-0.05, 0) is 19.8 Å². The monoisotopic (exact) mass is 343 g/mol. The fraction of sp³-hybridized carbons (Fsp3) is 0.562. The van der Waals surface area contributed by atoms with Gasteiger partial charge in [0, 0.05) is 19.4 Å². The van der Waals surface area contributed by atoms with Gasteiger partial charge in [-0.3, -0.25) is 14.2 Å². The summed E-state index contributed by atoms with van der Waals surface area (Å²) in [5.41, 5.74) is 0.834. The van der Waals surface area contributed by atoms with Crippen molar-refractivity contribution in [3.63, 3.8) is 0 Å². The lowest BCUT2D eigenvalue weighted by Gasteiger charge is -2.02. The van der Waals surface area contributed by atoms with Crippen LogP contribution in [0.1, 0.15) is 57.1 Å². The van der Waals surface area contributed by atoms with E-state index in [1.807, 2.05) is 6.92 Å². The summed E-state index contributed by atoms with van der Waals surface area (Å²) in [4.78, 5) is 36.3. The van der Waals surface area contributed by atoms with Crippen molar-refractivity contribution in [3.05, 3.63) is 22.0 Å². The number of aromatic amines is 1. The standard InChI is InChI=1S/C16H21N7O2/c1-3-22-15(25)12-14(20-13(19-12)10-6-4-5-7-10)23-16(22)18-11(21-23)8-17-9(2)24/h10H,3-8H2,1-2H3,(H,17,24)(H,19,20). The molecule has 0 spiro atoms. The second kappa shape index (κ2) is 5.98. The highest BCUT2D eigenvalue weighted by molar-refractivity contribution is 5.73. The zero-order chi connectivity index (χ0) is 17.6. The van der Waals surface area contributed by atoms with Gasteiger partial charge in [0.25, 0.3) is 5.56 Å². The summed E-state index contributed by atoms with van der Waals surface area (Å²) in [7, 11) is 0. The predicted octanol–water partition coefficient (Wildman–Crippen LogP) is 1.08. The molecule has 0 atom stereocenters. The van der Waals surface area contributed by atoms with E-state index in [-0.39, 0.29) is 18.0 Å². The van der Waals surface area contributed by atoms with Crippen molar-refractivity contribution in [2.75, 3.05) is 0 Å². The largest absolute Gasteiger partial charge is 0.349 e. The number of aryl methyl sites for hydroxylation is 1. The Morgan fingerprint density at radius 1 is 1.32 bits per heavy atom. The molecule has 3 heterocycles. The highest BCUT2D eigenvalue weighted by atomic mass is 16.1. The Bertz CT molecular complexity index is 1010. The van der Waals surface area contributed by atoms with Crippen LogP contribution in [0, 0.1) is 0 Å². The molecule has 0 radical (unpaired) electrons. The van der Waals surface area contributed by atoms with Crippen LogP contribution in [-0.2, 0) is 17.9 Å². The Labute approximate surface area is 143 Å². The highest BCUT2D eigenvalue weighted by Gasteiger charge is 2.24. The number of aromatic nitrogens is 6. The van der Waals surface area contributed by atoms with Crippen LogP contribution in [0.2, 0.25) is 0 Å². The molecule has 0 saturated heterocycles.